The molecule has 26 heavy (non-hydrogen) atoms. The summed E-state index contributed by atoms with van der Waals surface area (Å²) in [7, 11) is 0. The summed E-state index contributed by atoms with van der Waals surface area (Å²) in [5.41, 5.74) is 0.767. The number of carbonyl (C=O) groups excluding carboxylic acids is 2. The predicted octanol–water partition coefficient (Wildman–Crippen LogP) is 2.97. The summed E-state index contributed by atoms with van der Waals surface area (Å²) in [6.07, 6.45) is 3.50. The fraction of sp³-hybridized carbons (Fsp3) is 0.222. The van der Waals surface area contributed by atoms with E-state index in [2.05, 4.69) is 20.6 Å². The summed E-state index contributed by atoms with van der Waals surface area (Å²) in [6.45, 7) is 0. The molecule has 2 aromatic heterocycles. The number of nitrogens with zero attached hydrogens (tertiary/aromatic N) is 2. The second kappa shape index (κ2) is 7.17. The second-order valence-electron chi connectivity index (χ2n) is 5.93. The lowest BCUT2D eigenvalue weighted by Gasteiger charge is -2.08. The summed E-state index contributed by atoms with van der Waals surface area (Å²) < 4.78 is 5.38. The van der Waals surface area contributed by atoms with Gasteiger partial charge in [-0.25, -0.2) is 14.8 Å². The van der Waals surface area contributed by atoms with Gasteiger partial charge >= 0.3 is 6.03 Å². The molecule has 0 unspecified atom stereocenters. The minimum atomic E-state index is -0.443. The molecule has 4 rings (SSSR count). The SMILES string of the molecule is O=C(CSc1nc(-c2ccco2)nc2ccccc12)NC(=O)NC1CC1. The molecule has 0 bridgehead atoms. The number of benzene rings is 1. The van der Waals surface area contributed by atoms with E-state index in [1.165, 1.54) is 11.8 Å². The molecule has 132 valence electrons. The number of hydrogen-bond donors (Lipinski definition) is 2. The van der Waals surface area contributed by atoms with Gasteiger partial charge in [0.2, 0.25) is 5.91 Å². The molecule has 7 nitrogen and oxygen atoms in total. The normalized spacial score (nSPS) is 13.5. The molecule has 2 N–H and O–H groups in total. The summed E-state index contributed by atoms with van der Waals surface area (Å²) in [5, 5.41) is 6.58. The van der Waals surface area contributed by atoms with Gasteiger partial charge in [0.15, 0.2) is 11.6 Å². The zero-order valence-corrected chi connectivity index (χ0v) is 14.6. The van der Waals surface area contributed by atoms with Crippen LogP contribution < -0.4 is 10.6 Å². The molecular formula is C18H16N4O3S. The molecule has 2 heterocycles. The van der Waals surface area contributed by atoms with Crippen molar-refractivity contribution in [3.8, 4) is 11.6 Å². The van der Waals surface area contributed by atoms with Crippen molar-refractivity contribution < 1.29 is 14.0 Å². The number of urea groups is 1. The van der Waals surface area contributed by atoms with Crippen LogP contribution in [-0.2, 0) is 4.79 Å². The van der Waals surface area contributed by atoms with Crippen LogP contribution in [-0.4, -0.2) is 33.7 Å². The predicted molar refractivity (Wildman–Crippen MR) is 97.7 cm³/mol. The number of carbonyl (C=O) groups is 2. The van der Waals surface area contributed by atoms with Crippen LogP contribution in [0.3, 0.4) is 0 Å². The van der Waals surface area contributed by atoms with Crippen molar-refractivity contribution in [2.45, 2.75) is 23.9 Å². The molecule has 1 aromatic carbocycles. The molecular weight excluding hydrogens is 352 g/mol. The van der Waals surface area contributed by atoms with E-state index in [0.29, 0.717) is 16.6 Å². The smallest absolute Gasteiger partial charge is 0.321 e. The lowest BCUT2D eigenvalue weighted by atomic mass is 10.2. The molecule has 8 heteroatoms. The van der Waals surface area contributed by atoms with E-state index in [9.17, 15) is 9.59 Å². The zero-order chi connectivity index (χ0) is 17.9. The Morgan fingerprint density at radius 3 is 2.77 bits per heavy atom. The molecule has 1 saturated carbocycles. The maximum Gasteiger partial charge on any atom is 0.321 e. The van der Waals surface area contributed by atoms with Crippen molar-refractivity contribution in [3.63, 3.8) is 0 Å². The summed E-state index contributed by atoms with van der Waals surface area (Å²) in [5.74, 6) is 0.737. The Morgan fingerprint density at radius 2 is 2.00 bits per heavy atom. The van der Waals surface area contributed by atoms with Crippen LogP contribution >= 0.6 is 11.8 Å². The maximum atomic E-state index is 12.0. The molecule has 1 aliphatic carbocycles. The van der Waals surface area contributed by atoms with E-state index in [4.69, 9.17) is 4.42 Å². The van der Waals surface area contributed by atoms with Gasteiger partial charge in [-0.15, -0.1) is 0 Å². The van der Waals surface area contributed by atoms with Gasteiger partial charge in [0.25, 0.3) is 0 Å². The van der Waals surface area contributed by atoms with Crippen molar-refractivity contribution in [3.05, 3.63) is 42.7 Å². The molecule has 3 amide bonds. The number of furan rings is 1. The van der Waals surface area contributed by atoms with E-state index in [0.717, 1.165) is 23.7 Å². The van der Waals surface area contributed by atoms with Crippen LogP contribution in [0.25, 0.3) is 22.5 Å². The fourth-order valence-corrected chi connectivity index (χ4v) is 3.24. The Balaban J connectivity index is 1.51. The molecule has 1 fully saturated rings. The van der Waals surface area contributed by atoms with Crippen molar-refractivity contribution >= 4 is 34.6 Å². The van der Waals surface area contributed by atoms with Gasteiger partial charge in [0, 0.05) is 11.4 Å². The number of fused-ring (bicyclic) bond motifs is 1. The first-order chi connectivity index (χ1) is 12.7. The average Bonchev–Trinajstić information content (AvgIpc) is 3.27. The summed E-state index contributed by atoms with van der Waals surface area (Å²) >= 11 is 1.26. The molecule has 0 spiro atoms. The van der Waals surface area contributed by atoms with Gasteiger partial charge in [0.05, 0.1) is 17.5 Å². The van der Waals surface area contributed by atoms with Crippen LogP contribution in [0.5, 0.6) is 0 Å². The lowest BCUT2D eigenvalue weighted by Crippen LogP contribution is -2.41. The number of para-hydroxylation sites is 1. The highest BCUT2D eigenvalue weighted by atomic mass is 32.2. The van der Waals surface area contributed by atoms with Crippen LogP contribution in [0.4, 0.5) is 4.79 Å². The highest BCUT2D eigenvalue weighted by molar-refractivity contribution is 8.00. The minimum absolute atomic E-state index is 0.0800. The standard InChI is InChI=1S/C18H16N4O3S/c23-15(21-18(24)19-11-7-8-11)10-26-17-12-4-1-2-5-13(12)20-16(22-17)14-6-3-9-25-14/h1-6,9,11H,7-8,10H2,(H2,19,21,23,24). The third-order valence-electron chi connectivity index (χ3n) is 3.82. The van der Waals surface area contributed by atoms with E-state index < -0.39 is 6.03 Å². The summed E-state index contributed by atoms with van der Waals surface area (Å²) in [6, 6.07) is 10.9. The van der Waals surface area contributed by atoms with Crippen molar-refractivity contribution in [1.82, 2.24) is 20.6 Å². The molecule has 1 aliphatic rings. The third kappa shape index (κ3) is 3.85. The number of imide groups is 1. The van der Waals surface area contributed by atoms with Gasteiger partial charge in [-0.2, -0.15) is 0 Å². The third-order valence-corrected chi connectivity index (χ3v) is 4.81. The zero-order valence-electron chi connectivity index (χ0n) is 13.8. The first-order valence-electron chi connectivity index (χ1n) is 8.23. The quantitative estimate of drug-likeness (QED) is 0.531. The van der Waals surface area contributed by atoms with Gasteiger partial charge < -0.3 is 9.73 Å². The first kappa shape index (κ1) is 16.6. The second-order valence-corrected chi connectivity index (χ2v) is 6.90. The molecule has 3 aromatic rings. The van der Waals surface area contributed by atoms with Crippen LogP contribution in [0.15, 0.2) is 52.1 Å². The molecule has 0 aliphatic heterocycles. The molecule has 0 atom stereocenters. The highest BCUT2D eigenvalue weighted by Crippen LogP contribution is 2.28. The van der Waals surface area contributed by atoms with Crippen LogP contribution in [0, 0.1) is 0 Å². The monoisotopic (exact) mass is 368 g/mol. The van der Waals surface area contributed by atoms with Gasteiger partial charge in [-0.3, -0.25) is 10.1 Å². The number of nitrogens with one attached hydrogen (secondary N) is 2. The Labute approximate surface area is 153 Å². The van der Waals surface area contributed by atoms with Gasteiger partial charge in [-0.05, 0) is 31.0 Å². The molecule has 0 radical (unpaired) electrons. The van der Waals surface area contributed by atoms with Crippen molar-refractivity contribution in [1.29, 1.82) is 0 Å². The van der Waals surface area contributed by atoms with Crippen LogP contribution in [0.1, 0.15) is 12.8 Å². The first-order valence-corrected chi connectivity index (χ1v) is 9.21. The Hall–Kier alpha value is -2.87. The topological polar surface area (TPSA) is 97.1 Å². The Morgan fingerprint density at radius 1 is 1.15 bits per heavy atom. The van der Waals surface area contributed by atoms with Crippen LogP contribution in [0.2, 0.25) is 0 Å². The maximum absolute atomic E-state index is 12.0. The van der Waals surface area contributed by atoms with Crippen molar-refractivity contribution in [2.75, 3.05) is 5.75 Å². The van der Waals surface area contributed by atoms with Gasteiger partial charge in [-0.1, -0.05) is 30.0 Å². The summed E-state index contributed by atoms with van der Waals surface area (Å²) in [4.78, 5) is 32.7. The number of thioether (sulfide) groups is 1. The van der Waals surface area contributed by atoms with E-state index >= 15 is 0 Å². The van der Waals surface area contributed by atoms with Crippen molar-refractivity contribution in [2.24, 2.45) is 0 Å². The highest BCUT2D eigenvalue weighted by Gasteiger charge is 2.24. The fourth-order valence-electron chi connectivity index (χ4n) is 2.42. The molecule has 0 saturated heterocycles. The van der Waals surface area contributed by atoms with E-state index in [-0.39, 0.29) is 17.7 Å². The Kier molecular flexibility index (Phi) is 4.57. The van der Waals surface area contributed by atoms with Gasteiger partial charge in [0.1, 0.15) is 5.03 Å². The van der Waals surface area contributed by atoms with E-state index in [1.807, 2.05) is 24.3 Å². The minimum Gasteiger partial charge on any atom is -0.461 e. The Bertz CT molecular complexity index is 954. The van der Waals surface area contributed by atoms with E-state index in [1.54, 1.807) is 18.4 Å². The largest absolute Gasteiger partial charge is 0.461 e. The number of amides is 3. The number of aromatic nitrogens is 2. The lowest BCUT2D eigenvalue weighted by molar-refractivity contribution is -0.117. The number of rotatable bonds is 5. The number of hydrogen-bond acceptors (Lipinski definition) is 6. The average molecular weight is 368 g/mol.